The summed E-state index contributed by atoms with van der Waals surface area (Å²) in [6, 6.07) is 17.4. The Hall–Kier alpha value is -4.51. The second-order valence-corrected chi connectivity index (χ2v) is 17.4. The molecule has 5 heterocycles. The zero-order valence-corrected chi connectivity index (χ0v) is 31.0. The first-order valence-electron chi connectivity index (χ1n) is 18.0. The number of carbonyl (C=O) groups excluding carboxylic acids is 2. The molecule has 2 aromatic heterocycles. The van der Waals surface area contributed by atoms with E-state index in [4.69, 9.17) is 19.4 Å². The van der Waals surface area contributed by atoms with Crippen LogP contribution in [-0.4, -0.2) is 71.6 Å². The molecule has 0 bridgehead atoms. The van der Waals surface area contributed by atoms with Gasteiger partial charge >= 0.3 is 12.2 Å². The molecule has 51 heavy (non-hydrogen) atoms. The molecule has 3 aromatic carbocycles. The van der Waals surface area contributed by atoms with Crippen molar-refractivity contribution in [3.8, 4) is 22.5 Å². The highest BCUT2D eigenvalue weighted by Crippen LogP contribution is 2.57. The number of imidazole rings is 2. The van der Waals surface area contributed by atoms with E-state index in [0.717, 1.165) is 87.9 Å². The summed E-state index contributed by atoms with van der Waals surface area (Å²) in [5, 5.41) is 5.00. The summed E-state index contributed by atoms with van der Waals surface area (Å²) >= 11 is 1.80. The number of amides is 2. The maximum atomic E-state index is 12.9. The van der Waals surface area contributed by atoms with Gasteiger partial charge in [0, 0.05) is 30.1 Å². The number of nitrogens with one attached hydrogen (secondary N) is 2. The molecule has 0 radical (unpaired) electrons. The van der Waals surface area contributed by atoms with Crippen LogP contribution < -0.4 is 0 Å². The van der Waals surface area contributed by atoms with Crippen LogP contribution in [0.25, 0.3) is 44.1 Å². The number of rotatable bonds is 4. The van der Waals surface area contributed by atoms with E-state index in [-0.39, 0.29) is 28.9 Å². The molecular weight excluding hydrogens is 661 g/mol. The SMILES string of the molecule is CC(C)(C)OC(=O)N1CCC[C@H]2C(c3ncc(-c4ccc5cc6cc(-c7cnc([C@@H]8CCCN8C(=O)OC(C)(C)C)[nH]7)ccc6cc5c4)[nH]3)SC21. The third-order valence-corrected chi connectivity index (χ3v) is 11.7. The van der Waals surface area contributed by atoms with Crippen LogP contribution >= 0.6 is 11.8 Å². The third-order valence-electron chi connectivity index (χ3n) is 9.99. The fourth-order valence-electron chi connectivity index (χ4n) is 7.62. The maximum absolute atomic E-state index is 12.9. The average Bonchev–Trinajstić information content (AvgIpc) is 3.83. The summed E-state index contributed by atoms with van der Waals surface area (Å²) < 4.78 is 11.4. The van der Waals surface area contributed by atoms with E-state index in [2.05, 4.69) is 58.5 Å². The maximum Gasteiger partial charge on any atom is 0.411 e. The average molecular weight is 707 g/mol. The molecule has 2 amide bonds. The lowest BCUT2D eigenvalue weighted by molar-refractivity contribution is 0.00889. The molecule has 10 nitrogen and oxygen atoms in total. The number of hydrogen-bond donors (Lipinski definition) is 2. The zero-order chi connectivity index (χ0) is 35.7. The van der Waals surface area contributed by atoms with Gasteiger partial charge in [-0.15, -0.1) is 11.8 Å². The predicted molar refractivity (Wildman–Crippen MR) is 201 cm³/mol. The van der Waals surface area contributed by atoms with Gasteiger partial charge in [-0.05, 0) is 113 Å². The van der Waals surface area contributed by atoms with Crippen LogP contribution in [0.2, 0.25) is 0 Å². The Labute approximate surface area is 302 Å². The largest absolute Gasteiger partial charge is 0.444 e. The molecule has 266 valence electrons. The fourth-order valence-corrected chi connectivity index (χ4v) is 9.22. The number of benzene rings is 3. The monoisotopic (exact) mass is 706 g/mol. The minimum atomic E-state index is -0.540. The normalized spacial score (nSPS) is 22.2. The molecule has 3 aliphatic rings. The van der Waals surface area contributed by atoms with Gasteiger partial charge in [0.05, 0.1) is 40.4 Å². The summed E-state index contributed by atoms with van der Waals surface area (Å²) in [4.78, 5) is 46.1. The van der Waals surface area contributed by atoms with E-state index in [9.17, 15) is 9.59 Å². The summed E-state index contributed by atoms with van der Waals surface area (Å²) in [5.74, 6) is 2.13. The van der Waals surface area contributed by atoms with Crippen molar-refractivity contribution in [2.45, 2.75) is 95.1 Å². The van der Waals surface area contributed by atoms with Crippen molar-refractivity contribution in [1.82, 2.24) is 29.7 Å². The lowest BCUT2D eigenvalue weighted by Crippen LogP contribution is -2.54. The fraction of sp³-hybridized carbons (Fsp3) is 0.450. The van der Waals surface area contributed by atoms with Gasteiger partial charge in [-0.25, -0.2) is 19.6 Å². The molecule has 3 saturated heterocycles. The van der Waals surface area contributed by atoms with Crippen LogP contribution in [0.1, 0.15) is 90.2 Å². The zero-order valence-electron chi connectivity index (χ0n) is 30.2. The Morgan fingerprint density at radius 2 is 1.24 bits per heavy atom. The van der Waals surface area contributed by atoms with Gasteiger partial charge in [-0.3, -0.25) is 9.80 Å². The molecule has 4 atom stereocenters. The number of carbonyl (C=O) groups is 2. The number of H-pyrrole nitrogens is 2. The number of aromatic amines is 2. The molecule has 5 aromatic rings. The van der Waals surface area contributed by atoms with Crippen molar-refractivity contribution in [2.24, 2.45) is 5.92 Å². The molecule has 2 unspecified atom stereocenters. The molecule has 11 heteroatoms. The van der Waals surface area contributed by atoms with Crippen molar-refractivity contribution in [3.63, 3.8) is 0 Å². The number of likely N-dealkylation sites (tertiary alicyclic amines) is 2. The standard InChI is InChI=1S/C40H46N6O4S/c1-39(2,3)49-37(47)45-15-8-10-32(45)34-41-21-30(43-34)25-13-11-23-18-28-20-26(14-12-24(28)17-27(23)19-25)31-22-42-35(44-31)33-29-9-7-16-46(36(29)51-33)38(48)50-40(4,5)6/h11-14,17-22,29,32-33,36H,7-10,15-16H2,1-6H3,(H,41,43)(H,42,44)/t29-,32-,33?,36?/m0/s1. The number of nitrogens with zero attached hydrogens (tertiary/aromatic N) is 4. The van der Waals surface area contributed by atoms with E-state index in [1.54, 1.807) is 16.7 Å². The Balaban J connectivity index is 0.976. The Bertz CT molecular complexity index is 2130. The first-order valence-corrected chi connectivity index (χ1v) is 19.0. The molecule has 2 N–H and O–H groups in total. The van der Waals surface area contributed by atoms with Gasteiger partial charge in [0.25, 0.3) is 0 Å². The van der Waals surface area contributed by atoms with E-state index in [1.807, 2.05) is 58.8 Å². The third kappa shape index (κ3) is 6.68. The smallest absolute Gasteiger partial charge is 0.411 e. The lowest BCUT2D eigenvalue weighted by Gasteiger charge is -2.51. The number of aromatic nitrogens is 4. The minimum absolute atomic E-state index is 0.121. The molecule has 0 saturated carbocycles. The van der Waals surface area contributed by atoms with Crippen molar-refractivity contribution in [2.75, 3.05) is 13.1 Å². The molecular formula is C40H46N6O4S. The van der Waals surface area contributed by atoms with Crippen molar-refractivity contribution in [1.29, 1.82) is 0 Å². The molecule has 3 aliphatic heterocycles. The highest BCUT2D eigenvalue weighted by Gasteiger charge is 2.51. The summed E-state index contributed by atoms with van der Waals surface area (Å²) in [5.41, 5.74) is 3.02. The van der Waals surface area contributed by atoms with Gasteiger partial charge in [0.2, 0.25) is 0 Å². The number of ether oxygens (including phenoxy) is 2. The number of fused-ring (bicyclic) bond motifs is 3. The lowest BCUT2D eigenvalue weighted by atomic mass is 9.92. The Morgan fingerprint density at radius 1 is 0.706 bits per heavy atom. The Kier molecular flexibility index (Phi) is 8.32. The summed E-state index contributed by atoms with van der Waals surface area (Å²) in [6.07, 6.45) is 7.12. The van der Waals surface area contributed by atoms with Gasteiger partial charge in [-0.1, -0.05) is 24.3 Å². The first-order chi connectivity index (χ1) is 24.3. The highest BCUT2D eigenvalue weighted by molar-refractivity contribution is 8.01. The van der Waals surface area contributed by atoms with Crippen molar-refractivity contribution >= 4 is 45.5 Å². The number of hydrogen-bond acceptors (Lipinski definition) is 7. The van der Waals surface area contributed by atoms with Crippen LogP contribution in [0.15, 0.2) is 60.9 Å². The second kappa shape index (κ2) is 12.6. The van der Waals surface area contributed by atoms with Crippen molar-refractivity contribution in [3.05, 3.63) is 72.6 Å². The molecule has 3 fully saturated rings. The van der Waals surface area contributed by atoms with E-state index in [0.29, 0.717) is 12.5 Å². The van der Waals surface area contributed by atoms with Gasteiger partial charge < -0.3 is 19.4 Å². The van der Waals surface area contributed by atoms with Crippen LogP contribution in [0.5, 0.6) is 0 Å². The van der Waals surface area contributed by atoms with Crippen LogP contribution in [-0.2, 0) is 9.47 Å². The molecule has 0 aliphatic carbocycles. The predicted octanol–water partition coefficient (Wildman–Crippen LogP) is 9.61. The first kappa shape index (κ1) is 33.6. The van der Waals surface area contributed by atoms with E-state index >= 15 is 0 Å². The summed E-state index contributed by atoms with van der Waals surface area (Å²) in [7, 11) is 0. The quantitative estimate of drug-likeness (QED) is 0.179. The van der Waals surface area contributed by atoms with Gasteiger partial charge in [0.15, 0.2) is 0 Å². The van der Waals surface area contributed by atoms with Crippen LogP contribution in [0.4, 0.5) is 9.59 Å². The molecule has 8 rings (SSSR count). The van der Waals surface area contributed by atoms with Gasteiger partial charge in [0.1, 0.15) is 22.9 Å². The highest BCUT2D eigenvalue weighted by atomic mass is 32.2. The van der Waals surface area contributed by atoms with Crippen LogP contribution in [0, 0.1) is 5.92 Å². The van der Waals surface area contributed by atoms with E-state index < -0.39 is 11.2 Å². The second-order valence-electron chi connectivity index (χ2n) is 16.1. The Morgan fingerprint density at radius 3 is 1.84 bits per heavy atom. The minimum Gasteiger partial charge on any atom is -0.444 e. The topological polar surface area (TPSA) is 116 Å². The van der Waals surface area contributed by atoms with Crippen molar-refractivity contribution < 1.29 is 19.1 Å². The summed E-state index contributed by atoms with van der Waals surface area (Å²) in [6.45, 7) is 12.8. The number of piperidine rings is 1. The molecule has 0 spiro atoms. The number of thioether (sulfide) groups is 1. The van der Waals surface area contributed by atoms with E-state index in [1.165, 1.54) is 0 Å². The van der Waals surface area contributed by atoms with Gasteiger partial charge in [-0.2, -0.15) is 0 Å². The van der Waals surface area contributed by atoms with Crippen LogP contribution in [0.3, 0.4) is 0 Å².